The predicted molar refractivity (Wildman–Crippen MR) is 104 cm³/mol. The average Bonchev–Trinajstić information content (AvgIpc) is 3.38. The Hall–Kier alpha value is -1.85. The van der Waals surface area contributed by atoms with E-state index in [9.17, 15) is 4.79 Å². The van der Waals surface area contributed by atoms with Gasteiger partial charge in [-0.1, -0.05) is 18.2 Å². The Morgan fingerprint density at radius 3 is 2.96 bits per heavy atom. The second-order valence-corrected chi connectivity index (χ2v) is 8.36. The highest BCUT2D eigenvalue weighted by atomic mass is 32.1. The van der Waals surface area contributed by atoms with Crippen molar-refractivity contribution >= 4 is 17.2 Å². The van der Waals surface area contributed by atoms with E-state index in [0.717, 1.165) is 36.6 Å². The summed E-state index contributed by atoms with van der Waals surface area (Å²) >= 11 is 1.88. The van der Waals surface area contributed by atoms with Crippen LogP contribution in [0.1, 0.15) is 34.9 Å². The number of amides is 1. The van der Waals surface area contributed by atoms with Gasteiger partial charge >= 0.3 is 0 Å². The summed E-state index contributed by atoms with van der Waals surface area (Å²) in [4.78, 5) is 15.5. The number of fused-ring (bicyclic) bond motifs is 1. The molecule has 0 bridgehead atoms. The van der Waals surface area contributed by atoms with Crippen LogP contribution in [0.3, 0.4) is 0 Å². The quantitative estimate of drug-likeness (QED) is 0.782. The van der Waals surface area contributed by atoms with Crippen molar-refractivity contribution in [2.24, 2.45) is 5.92 Å². The molecule has 0 spiro atoms. The molecule has 1 amide bonds. The molecular formula is C21H27N2O2S+. The van der Waals surface area contributed by atoms with Gasteiger partial charge in [-0.3, -0.25) is 4.79 Å². The summed E-state index contributed by atoms with van der Waals surface area (Å²) in [7, 11) is 1.69. The fourth-order valence-electron chi connectivity index (χ4n) is 4.21. The maximum absolute atomic E-state index is 12.5. The summed E-state index contributed by atoms with van der Waals surface area (Å²) in [5.74, 6) is 1.83. The summed E-state index contributed by atoms with van der Waals surface area (Å²) in [6, 6.07) is 10.8. The summed E-state index contributed by atoms with van der Waals surface area (Å²) in [5.41, 5.74) is 2.65. The van der Waals surface area contributed by atoms with Gasteiger partial charge in [0.15, 0.2) is 6.54 Å². The number of benzene rings is 1. The molecule has 1 aromatic heterocycles. The van der Waals surface area contributed by atoms with Crippen molar-refractivity contribution in [2.45, 2.75) is 31.7 Å². The third kappa shape index (κ3) is 3.79. The molecule has 26 heavy (non-hydrogen) atoms. The molecule has 1 aliphatic carbocycles. The van der Waals surface area contributed by atoms with E-state index in [1.54, 1.807) is 12.0 Å². The van der Waals surface area contributed by atoms with Gasteiger partial charge in [-0.2, -0.15) is 0 Å². The van der Waals surface area contributed by atoms with Crippen molar-refractivity contribution in [1.82, 2.24) is 5.32 Å². The van der Waals surface area contributed by atoms with Gasteiger partial charge in [0.2, 0.25) is 0 Å². The maximum atomic E-state index is 12.5. The number of rotatable bonds is 7. The van der Waals surface area contributed by atoms with Crippen LogP contribution in [0.2, 0.25) is 0 Å². The van der Waals surface area contributed by atoms with Crippen LogP contribution in [0, 0.1) is 5.92 Å². The van der Waals surface area contributed by atoms with E-state index < -0.39 is 0 Å². The number of quaternary nitrogens is 1. The van der Waals surface area contributed by atoms with Gasteiger partial charge in [0.05, 0.1) is 13.7 Å². The number of methoxy groups -OCH3 is 1. The molecule has 2 N–H and O–H groups in total. The van der Waals surface area contributed by atoms with Crippen LogP contribution < -0.4 is 15.0 Å². The molecule has 138 valence electrons. The predicted octanol–water partition coefficient (Wildman–Crippen LogP) is 2.01. The largest absolute Gasteiger partial charge is 0.496 e. The van der Waals surface area contributed by atoms with Crippen molar-refractivity contribution < 1.29 is 14.4 Å². The van der Waals surface area contributed by atoms with Crippen molar-refractivity contribution in [3.63, 3.8) is 0 Å². The Bertz CT molecular complexity index is 769. The maximum Gasteiger partial charge on any atom is 0.275 e. The zero-order valence-electron chi connectivity index (χ0n) is 15.3. The molecule has 0 radical (unpaired) electrons. The summed E-state index contributed by atoms with van der Waals surface area (Å²) in [6.07, 6.45) is 4.55. The lowest BCUT2D eigenvalue weighted by Gasteiger charge is -2.32. The number of hydrogen-bond donors (Lipinski definition) is 2. The molecule has 1 aliphatic heterocycles. The number of carbonyl (C=O) groups excluding carboxylic acids is 1. The first-order chi connectivity index (χ1) is 12.8. The van der Waals surface area contributed by atoms with Crippen molar-refractivity contribution in [2.75, 3.05) is 26.7 Å². The normalized spacial score (nSPS) is 21.9. The second-order valence-electron chi connectivity index (χ2n) is 7.36. The van der Waals surface area contributed by atoms with Crippen LogP contribution in [0.4, 0.5) is 0 Å². The molecule has 0 saturated heterocycles. The lowest BCUT2D eigenvalue weighted by Crippen LogP contribution is -3.14. The minimum atomic E-state index is 0.166. The van der Waals surface area contributed by atoms with Crippen LogP contribution in [-0.2, 0) is 17.6 Å². The first kappa shape index (κ1) is 17.6. The topological polar surface area (TPSA) is 42.8 Å². The Labute approximate surface area is 159 Å². The zero-order chi connectivity index (χ0) is 17.9. The molecule has 2 atom stereocenters. The van der Waals surface area contributed by atoms with Gasteiger partial charge in [-0.25, -0.2) is 0 Å². The third-order valence-electron chi connectivity index (χ3n) is 5.62. The molecule has 2 aromatic rings. The molecule has 2 aliphatic rings. The second kappa shape index (κ2) is 7.80. The van der Waals surface area contributed by atoms with Gasteiger partial charge in [0, 0.05) is 29.3 Å². The summed E-state index contributed by atoms with van der Waals surface area (Å²) < 4.78 is 5.38. The van der Waals surface area contributed by atoms with Gasteiger partial charge < -0.3 is 15.0 Å². The molecule has 2 heterocycles. The zero-order valence-corrected chi connectivity index (χ0v) is 16.1. The van der Waals surface area contributed by atoms with Gasteiger partial charge in [-0.15, -0.1) is 11.3 Å². The standard InChI is InChI=1S/C21H26N2O2S/c1-25-18-5-3-2-4-15(18)8-11-22-20(24)14-23-12-9-19-17(10-13-26-19)21(23)16-6-7-16/h2-5,10,13,16,21H,6-9,11-12,14H2,1H3,(H,22,24)/p+1/t21-/m1/s1. The molecule has 5 heteroatoms. The van der Waals surface area contributed by atoms with E-state index >= 15 is 0 Å². The highest BCUT2D eigenvalue weighted by molar-refractivity contribution is 7.10. The smallest absolute Gasteiger partial charge is 0.275 e. The minimum Gasteiger partial charge on any atom is -0.496 e. The average molecular weight is 372 g/mol. The lowest BCUT2D eigenvalue weighted by molar-refractivity contribution is -0.928. The first-order valence-electron chi connectivity index (χ1n) is 9.55. The number of carbonyl (C=O) groups is 1. The number of nitrogens with one attached hydrogen (secondary N) is 2. The molecule has 1 fully saturated rings. The highest BCUT2D eigenvalue weighted by Crippen LogP contribution is 2.42. The van der Waals surface area contributed by atoms with E-state index in [1.165, 1.54) is 23.3 Å². The third-order valence-corrected chi connectivity index (χ3v) is 6.61. The van der Waals surface area contributed by atoms with Gasteiger partial charge in [-0.05, 0) is 42.3 Å². The van der Waals surface area contributed by atoms with Crippen molar-refractivity contribution in [1.29, 1.82) is 0 Å². The fraction of sp³-hybridized carbons (Fsp3) is 0.476. The SMILES string of the molecule is COc1ccccc1CCNC(=O)C[NH+]1CCc2sccc2[C@H]1C1CC1. The van der Waals surface area contributed by atoms with Crippen LogP contribution >= 0.6 is 11.3 Å². The molecule has 1 aromatic carbocycles. The summed E-state index contributed by atoms with van der Waals surface area (Å²) in [5, 5.41) is 5.33. The summed E-state index contributed by atoms with van der Waals surface area (Å²) in [6.45, 7) is 2.32. The van der Waals surface area contributed by atoms with Crippen LogP contribution in [0.15, 0.2) is 35.7 Å². The number of para-hydroxylation sites is 1. The molecule has 1 unspecified atom stereocenters. The van der Waals surface area contributed by atoms with Gasteiger partial charge in [0.25, 0.3) is 5.91 Å². The molecule has 4 rings (SSSR count). The van der Waals surface area contributed by atoms with Gasteiger partial charge in [0.1, 0.15) is 11.8 Å². The van der Waals surface area contributed by atoms with Crippen LogP contribution in [0.5, 0.6) is 5.75 Å². The minimum absolute atomic E-state index is 0.166. The molecular weight excluding hydrogens is 344 g/mol. The molecule has 1 saturated carbocycles. The van der Waals surface area contributed by atoms with Crippen LogP contribution in [0.25, 0.3) is 0 Å². The van der Waals surface area contributed by atoms with E-state index in [-0.39, 0.29) is 5.91 Å². The molecule has 4 nitrogen and oxygen atoms in total. The van der Waals surface area contributed by atoms with Crippen LogP contribution in [-0.4, -0.2) is 32.7 Å². The Morgan fingerprint density at radius 2 is 2.15 bits per heavy atom. The van der Waals surface area contributed by atoms with E-state index in [0.29, 0.717) is 19.1 Å². The number of ether oxygens (including phenoxy) is 1. The highest BCUT2D eigenvalue weighted by Gasteiger charge is 2.43. The Morgan fingerprint density at radius 1 is 1.31 bits per heavy atom. The van der Waals surface area contributed by atoms with E-state index in [1.807, 2.05) is 29.5 Å². The van der Waals surface area contributed by atoms with Crippen molar-refractivity contribution in [3.05, 3.63) is 51.7 Å². The fourth-order valence-corrected chi connectivity index (χ4v) is 5.14. The first-order valence-corrected chi connectivity index (χ1v) is 10.4. The lowest BCUT2D eigenvalue weighted by atomic mass is 9.96. The number of hydrogen-bond acceptors (Lipinski definition) is 3. The van der Waals surface area contributed by atoms with Crippen molar-refractivity contribution in [3.8, 4) is 5.75 Å². The number of thiophene rings is 1. The van der Waals surface area contributed by atoms with E-state index in [2.05, 4.69) is 22.8 Å². The monoisotopic (exact) mass is 371 g/mol. The Balaban J connectivity index is 1.32. The van der Waals surface area contributed by atoms with E-state index in [4.69, 9.17) is 4.74 Å². The Kier molecular flexibility index (Phi) is 5.27.